The second-order valence-corrected chi connectivity index (χ2v) is 7.35. The van der Waals surface area contributed by atoms with E-state index in [0.29, 0.717) is 45.0 Å². The van der Waals surface area contributed by atoms with Crippen LogP contribution in [0.25, 0.3) is 0 Å². The maximum absolute atomic E-state index is 13.7. The van der Waals surface area contributed by atoms with Crippen LogP contribution >= 0.6 is 0 Å². The Kier molecular flexibility index (Phi) is 5.92. The Morgan fingerprint density at radius 2 is 1.76 bits per heavy atom. The Hall–Kier alpha value is -2.70. The lowest BCUT2D eigenvalue weighted by atomic mass is 9.78. The minimum Gasteiger partial charge on any atom is -0.383 e. The van der Waals surface area contributed by atoms with Gasteiger partial charge < -0.3 is 19.3 Å². The van der Waals surface area contributed by atoms with E-state index in [-0.39, 0.29) is 17.9 Å². The van der Waals surface area contributed by atoms with Crippen molar-refractivity contribution in [3.05, 3.63) is 71.3 Å². The van der Waals surface area contributed by atoms with Crippen molar-refractivity contribution in [2.75, 3.05) is 46.6 Å². The summed E-state index contributed by atoms with van der Waals surface area (Å²) < 4.78 is 10.7. The molecule has 4 rings (SSSR count). The van der Waals surface area contributed by atoms with Crippen molar-refractivity contribution in [1.82, 2.24) is 9.80 Å². The summed E-state index contributed by atoms with van der Waals surface area (Å²) in [5, 5.41) is 0. The number of carbonyl (C=O) groups is 2. The van der Waals surface area contributed by atoms with Crippen LogP contribution in [0.5, 0.6) is 0 Å². The maximum Gasteiger partial charge on any atom is 0.254 e. The number of nitrogens with zero attached hydrogens (tertiary/aromatic N) is 2. The summed E-state index contributed by atoms with van der Waals surface area (Å²) >= 11 is 0. The molecule has 2 aromatic carbocycles. The lowest BCUT2D eigenvalue weighted by Crippen LogP contribution is -2.51. The van der Waals surface area contributed by atoms with Gasteiger partial charge in [-0.1, -0.05) is 48.5 Å². The number of hydrogen-bond acceptors (Lipinski definition) is 4. The topological polar surface area (TPSA) is 59.1 Å². The molecule has 0 radical (unpaired) electrons. The van der Waals surface area contributed by atoms with Gasteiger partial charge in [-0.2, -0.15) is 0 Å². The van der Waals surface area contributed by atoms with Crippen molar-refractivity contribution in [2.45, 2.75) is 12.0 Å². The highest BCUT2D eigenvalue weighted by molar-refractivity contribution is 6.01. The van der Waals surface area contributed by atoms with Crippen molar-refractivity contribution in [3.63, 3.8) is 0 Å². The van der Waals surface area contributed by atoms with E-state index in [0.717, 1.165) is 11.1 Å². The Labute approximate surface area is 171 Å². The Balaban J connectivity index is 1.83. The van der Waals surface area contributed by atoms with E-state index in [1.165, 1.54) is 0 Å². The molecular weight excluding hydrogens is 368 g/mol. The van der Waals surface area contributed by atoms with Crippen molar-refractivity contribution in [1.29, 1.82) is 0 Å². The van der Waals surface area contributed by atoms with Gasteiger partial charge in [-0.3, -0.25) is 9.59 Å². The molecular formula is C23H26N2O4. The summed E-state index contributed by atoms with van der Waals surface area (Å²) in [6.07, 6.45) is 0. The second-order valence-electron chi connectivity index (χ2n) is 7.35. The van der Waals surface area contributed by atoms with E-state index in [1.807, 2.05) is 59.5 Å². The number of morpholine rings is 1. The Bertz CT molecular complexity index is 864. The monoisotopic (exact) mass is 394 g/mol. The van der Waals surface area contributed by atoms with Gasteiger partial charge in [0.25, 0.3) is 5.91 Å². The van der Waals surface area contributed by atoms with Crippen LogP contribution < -0.4 is 0 Å². The molecule has 6 nitrogen and oxygen atoms in total. The number of amides is 2. The molecule has 0 spiro atoms. The van der Waals surface area contributed by atoms with E-state index in [9.17, 15) is 9.59 Å². The average molecular weight is 394 g/mol. The standard InChI is InChI=1S/C23H26N2O4/c1-28-14-13-25-21(17-7-3-2-4-8-17)20(23(27)24-11-15-29-16-12-24)18-9-5-6-10-19(18)22(25)26/h2-10,20-21H,11-16H2,1H3/t20-,21+/m1/s1. The number of rotatable bonds is 5. The van der Waals surface area contributed by atoms with Gasteiger partial charge in [-0.25, -0.2) is 0 Å². The zero-order valence-electron chi connectivity index (χ0n) is 16.6. The van der Waals surface area contributed by atoms with Crippen LogP contribution in [0.2, 0.25) is 0 Å². The van der Waals surface area contributed by atoms with Crippen LogP contribution in [-0.2, 0) is 14.3 Å². The van der Waals surface area contributed by atoms with Gasteiger partial charge in [-0.05, 0) is 17.2 Å². The lowest BCUT2D eigenvalue weighted by molar-refractivity contribution is -0.138. The van der Waals surface area contributed by atoms with Crippen LogP contribution in [0.4, 0.5) is 0 Å². The molecule has 152 valence electrons. The summed E-state index contributed by atoms with van der Waals surface area (Å²) in [5.74, 6) is -0.469. The highest BCUT2D eigenvalue weighted by Gasteiger charge is 2.45. The third-order valence-corrected chi connectivity index (χ3v) is 5.70. The fraction of sp³-hybridized carbons (Fsp3) is 0.391. The molecule has 29 heavy (non-hydrogen) atoms. The summed E-state index contributed by atoms with van der Waals surface area (Å²) in [5.41, 5.74) is 2.36. The first-order valence-electron chi connectivity index (χ1n) is 10.0. The molecule has 0 aromatic heterocycles. The van der Waals surface area contributed by atoms with Gasteiger partial charge in [0.1, 0.15) is 0 Å². The quantitative estimate of drug-likeness (QED) is 0.782. The van der Waals surface area contributed by atoms with E-state index < -0.39 is 5.92 Å². The molecule has 0 unspecified atom stereocenters. The first-order valence-corrected chi connectivity index (χ1v) is 10.0. The van der Waals surface area contributed by atoms with Gasteiger partial charge in [0.15, 0.2) is 0 Å². The van der Waals surface area contributed by atoms with Gasteiger partial charge in [0.2, 0.25) is 5.91 Å². The molecule has 1 saturated heterocycles. The number of methoxy groups -OCH3 is 1. The molecule has 2 heterocycles. The number of fused-ring (bicyclic) bond motifs is 1. The normalized spacial score (nSPS) is 21.8. The Morgan fingerprint density at radius 3 is 2.48 bits per heavy atom. The first-order chi connectivity index (χ1) is 14.2. The first kappa shape index (κ1) is 19.6. The van der Waals surface area contributed by atoms with Crippen LogP contribution in [0, 0.1) is 0 Å². The summed E-state index contributed by atoms with van der Waals surface area (Å²) in [7, 11) is 1.62. The van der Waals surface area contributed by atoms with E-state index in [4.69, 9.17) is 9.47 Å². The fourth-order valence-corrected chi connectivity index (χ4v) is 4.30. The molecule has 0 aliphatic carbocycles. The van der Waals surface area contributed by atoms with E-state index in [2.05, 4.69) is 0 Å². The highest BCUT2D eigenvalue weighted by atomic mass is 16.5. The molecule has 0 saturated carbocycles. The highest BCUT2D eigenvalue weighted by Crippen LogP contribution is 2.43. The van der Waals surface area contributed by atoms with Crippen molar-refractivity contribution in [2.24, 2.45) is 0 Å². The molecule has 0 N–H and O–H groups in total. The summed E-state index contributed by atoms with van der Waals surface area (Å²) in [6, 6.07) is 16.9. The van der Waals surface area contributed by atoms with Crippen molar-refractivity contribution >= 4 is 11.8 Å². The number of carbonyl (C=O) groups excluding carboxylic acids is 2. The number of hydrogen-bond donors (Lipinski definition) is 0. The van der Waals surface area contributed by atoms with Crippen LogP contribution in [-0.4, -0.2) is 68.2 Å². The predicted molar refractivity (Wildman–Crippen MR) is 109 cm³/mol. The van der Waals surface area contributed by atoms with Crippen LogP contribution in [0.15, 0.2) is 54.6 Å². The zero-order chi connectivity index (χ0) is 20.2. The smallest absolute Gasteiger partial charge is 0.254 e. The summed E-state index contributed by atoms with van der Waals surface area (Å²) in [4.78, 5) is 30.8. The van der Waals surface area contributed by atoms with Gasteiger partial charge in [-0.15, -0.1) is 0 Å². The SMILES string of the molecule is COCCN1C(=O)c2ccccc2[C@@H](C(=O)N2CCOCC2)[C@@H]1c1ccccc1. The number of ether oxygens (including phenoxy) is 2. The van der Waals surface area contributed by atoms with Crippen LogP contribution in [0.3, 0.4) is 0 Å². The van der Waals surface area contributed by atoms with Crippen molar-refractivity contribution in [3.8, 4) is 0 Å². The third kappa shape index (κ3) is 3.78. The minimum absolute atomic E-state index is 0.0459. The zero-order valence-corrected chi connectivity index (χ0v) is 16.6. The molecule has 2 aliphatic heterocycles. The molecule has 2 aliphatic rings. The maximum atomic E-state index is 13.7. The van der Waals surface area contributed by atoms with Crippen LogP contribution in [0.1, 0.15) is 33.4 Å². The lowest BCUT2D eigenvalue weighted by Gasteiger charge is -2.43. The Morgan fingerprint density at radius 1 is 1.07 bits per heavy atom. The van der Waals surface area contributed by atoms with E-state index in [1.54, 1.807) is 12.0 Å². The fourth-order valence-electron chi connectivity index (χ4n) is 4.30. The van der Waals surface area contributed by atoms with E-state index >= 15 is 0 Å². The largest absolute Gasteiger partial charge is 0.383 e. The minimum atomic E-state index is -0.457. The van der Waals surface area contributed by atoms with Crippen molar-refractivity contribution < 1.29 is 19.1 Å². The molecule has 1 fully saturated rings. The second kappa shape index (κ2) is 8.76. The average Bonchev–Trinajstić information content (AvgIpc) is 2.79. The number of benzene rings is 2. The van der Waals surface area contributed by atoms with Gasteiger partial charge >= 0.3 is 0 Å². The van der Waals surface area contributed by atoms with Gasteiger partial charge in [0.05, 0.1) is 31.8 Å². The molecule has 6 heteroatoms. The predicted octanol–water partition coefficient (Wildman–Crippen LogP) is 2.47. The molecule has 2 aromatic rings. The molecule has 0 bridgehead atoms. The summed E-state index contributed by atoms with van der Waals surface area (Å²) in [6.45, 7) is 3.08. The molecule has 2 atom stereocenters. The van der Waals surface area contributed by atoms with Gasteiger partial charge in [0, 0.05) is 32.3 Å². The third-order valence-electron chi connectivity index (χ3n) is 5.70. The molecule has 2 amide bonds.